The van der Waals surface area contributed by atoms with Gasteiger partial charge in [0.1, 0.15) is 13.2 Å². The topological polar surface area (TPSA) is 78.9 Å². The van der Waals surface area contributed by atoms with Crippen molar-refractivity contribution in [1.82, 2.24) is 0 Å². The summed E-state index contributed by atoms with van der Waals surface area (Å²) >= 11 is 0. The minimum Gasteiger partial charge on any atom is -0.462 e. The summed E-state index contributed by atoms with van der Waals surface area (Å²) in [6.45, 7) is 6.30. The number of unbranched alkanes of at least 4 members (excludes halogenated alkanes) is 19. The highest BCUT2D eigenvalue weighted by Gasteiger charge is 2.19. The Labute approximate surface area is 449 Å². The van der Waals surface area contributed by atoms with Gasteiger partial charge in [0, 0.05) is 19.3 Å². The number of carbonyl (C=O) groups is 3. The van der Waals surface area contributed by atoms with Gasteiger partial charge in [-0.05, 0) is 116 Å². The fourth-order valence-electron chi connectivity index (χ4n) is 7.73. The Morgan fingerprint density at radius 1 is 0.288 bits per heavy atom. The van der Waals surface area contributed by atoms with Crippen molar-refractivity contribution >= 4 is 17.9 Å². The molecule has 412 valence electrons. The van der Waals surface area contributed by atoms with E-state index in [4.69, 9.17) is 14.2 Å². The smallest absolute Gasteiger partial charge is 0.306 e. The molecule has 0 fully saturated rings. The number of hydrogen-bond donors (Lipinski definition) is 0. The van der Waals surface area contributed by atoms with Gasteiger partial charge in [0.15, 0.2) is 6.10 Å². The van der Waals surface area contributed by atoms with E-state index in [0.717, 1.165) is 116 Å². The quantitative estimate of drug-likeness (QED) is 0.0261. The number of esters is 3. The molecular formula is C67H108O6. The maximum atomic E-state index is 12.8. The molecule has 6 heteroatoms. The summed E-state index contributed by atoms with van der Waals surface area (Å²) in [4.78, 5) is 38.1. The molecule has 1 atom stereocenters. The molecular weight excluding hydrogens is 901 g/mol. The fraction of sp³-hybridized carbons (Fsp3) is 0.627. The normalized spacial score (nSPS) is 13.1. The van der Waals surface area contributed by atoms with E-state index in [1.54, 1.807) is 0 Å². The summed E-state index contributed by atoms with van der Waals surface area (Å²) in [7, 11) is 0. The lowest BCUT2D eigenvalue weighted by molar-refractivity contribution is -0.166. The zero-order valence-electron chi connectivity index (χ0n) is 47.1. The monoisotopic (exact) mass is 1010 g/mol. The van der Waals surface area contributed by atoms with E-state index in [1.807, 2.05) is 12.2 Å². The number of ether oxygens (including phenoxy) is 3. The summed E-state index contributed by atoms with van der Waals surface area (Å²) in [5, 5.41) is 0. The van der Waals surface area contributed by atoms with Crippen LogP contribution in [-0.2, 0) is 28.6 Å². The van der Waals surface area contributed by atoms with E-state index in [0.29, 0.717) is 19.3 Å². The Kier molecular flexibility index (Phi) is 56.4. The zero-order chi connectivity index (χ0) is 52.9. The number of rotatable bonds is 52. The Morgan fingerprint density at radius 3 is 0.904 bits per heavy atom. The van der Waals surface area contributed by atoms with Crippen molar-refractivity contribution in [2.45, 2.75) is 258 Å². The van der Waals surface area contributed by atoms with E-state index >= 15 is 0 Å². The van der Waals surface area contributed by atoms with Crippen molar-refractivity contribution in [3.8, 4) is 0 Å². The van der Waals surface area contributed by atoms with E-state index in [9.17, 15) is 14.4 Å². The zero-order valence-corrected chi connectivity index (χ0v) is 47.1. The lowest BCUT2D eigenvalue weighted by atomic mass is 10.0. The van der Waals surface area contributed by atoms with Crippen LogP contribution in [0.4, 0.5) is 0 Å². The van der Waals surface area contributed by atoms with Gasteiger partial charge in [-0.15, -0.1) is 0 Å². The minimum absolute atomic E-state index is 0.115. The van der Waals surface area contributed by atoms with E-state index in [-0.39, 0.29) is 31.6 Å². The van der Waals surface area contributed by atoms with E-state index in [1.165, 1.54) is 89.9 Å². The van der Waals surface area contributed by atoms with Crippen LogP contribution < -0.4 is 0 Å². The molecule has 0 aromatic rings. The number of allylic oxidation sites excluding steroid dienone is 22. The SMILES string of the molecule is CC/C=C\C/C=C\C/C=C\C/C=C\C/C=C\C/C=C\CCC(=O)OC(COC(=O)CCCCCCC/C=C\CCCC)COC(=O)CCCCCCCCCCCCCC/C=C\C/C=C\C/C=C\C/C=C\CC. The van der Waals surface area contributed by atoms with Gasteiger partial charge in [-0.25, -0.2) is 0 Å². The highest BCUT2D eigenvalue weighted by Crippen LogP contribution is 2.15. The first-order chi connectivity index (χ1) is 36.0. The minimum atomic E-state index is -0.827. The largest absolute Gasteiger partial charge is 0.462 e. The first-order valence-corrected chi connectivity index (χ1v) is 29.7. The van der Waals surface area contributed by atoms with Crippen LogP contribution in [-0.4, -0.2) is 37.2 Å². The highest BCUT2D eigenvalue weighted by atomic mass is 16.6. The third kappa shape index (κ3) is 58.3. The van der Waals surface area contributed by atoms with Gasteiger partial charge in [-0.1, -0.05) is 251 Å². The van der Waals surface area contributed by atoms with Gasteiger partial charge in [-0.2, -0.15) is 0 Å². The van der Waals surface area contributed by atoms with Crippen LogP contribution in [0.25, 0.3) is 0 Å². The average molecular weight is 1010 g/mol. The molecule has 0 bridgehead atoms. The summed E-state index contributed by atoms with van der Waals surface area (Å²) in [6, 6.07) is 0. The molecule has 0 saturated heterocycles. The Balaban J connectivity index is 4.40. The van der Waals surface area contributed by atoms with Crippen LogP contribution in [0.15, 0.2) is 134 Å². The van der Waals surface area contributed by atoms with Crippen LogP contribution in [0.5, 0.6) is 0 Å². The van der Waals surface area contributed by atoms with Gasteiger partial charge < -0.3 is 14.2 Å². The summed E-state index contributed by atoms with van der Waals surface area (Å²) in [5.74, 6) is -1.01. The van der Waals surface area contributed by atoms with Gasteiger partial charge in [0.05, 0.1) is 0 Å². The molecule has 1 unspecified atom stereocenters. The summed E-state index contributed by atoms with van der Waals surface area (Å²) in [6.07, 6.45) is 84.7. The van der Waals surface area contributed by atoms with Gasteiger partial charge in [0.2, 0.25) is 0 Å². The molecule has 0 heterocycles. The van der Waals surface area contributed by atoms with E-state index in [2.05, 4.69) is 142 Å². The lowest BCUT2D eigenvalue weighted by Gasteiger charge is -2.18. The second-order valence-corrected chi connectivity index (χ2v) is 19.1. The highest BCUT2D eigenvalue weighted by molar-refractivity contribution is 5.71. The molecule has 0 aliphatic heterocycles. The van der Waals surface area contributed by atoms with Crippen molar-refractivity contribution in [2.75, 3.05) is 13.2 Å². The molecule has 0 aliphatic carbocycles. The number of hydrogen-bond acceptors (Lipinski definition) is 6. The van der Waals surface area contributed by atoms with Crippen molar-refractivity contribution in [1.29, 1.82) is 0 Å². The Bertz CT molecular complexity index is 1580. The first kappa shape index (κ1) is 68.6. The lowest BCUT2D eigenvalue weighted by Crippen LogP contribution is -2.30. The predicted octanol–water partition coefficient (Wildman–Crippen LogP) is 20.2. The standard InChI is InChI=1S/C67H108O6/c1-4-7-10-13-16-19-22-24-26-28-30-31-32-33-34-35-37-38-40-42-45-48-51-54-57-60-66(69)72-63-64(62-71-65(68)59-56-53-50-47-44-21-18-15-12-9-6-3)73-67(70)61-58-55-52-49-46-43-41-39-36-29-27-25-23-20-17-14-11-8-5-2/h7-8,10-11,15-20,24-27,30-31,36,39,43,46,52,55,64H,4-6,9,12-14,21-23,28-29,32-35,37-38,40-42,44-45,47-51,53-54,56-63H2,1-3H3/b10-7-,11-8-,18-15-,19-16-,20-17-,26-24-,27-25-,31-30-,39-36-,46-43-,55-52-. The third-order valence-electron chi connectivity index (χ3n) is 12.1. The van der Waals surface area contributed by atoms with Crippen LogP contribution in [0.3, 0.4) is 0 Å². The molecule has 0 spiro atoms. The maximum Gasteiger partial charge on any atom is 0.306 e. The molecule has 73 heavy (non-hydrogen) atoms. The van der Waals surface area contributed by atoms with Crippen molar-refractivity contribution in [3.05, 3.63) is 134 Å². The molecule has 0 aromatic heterocycles. The molecule has 0 N–H and O–H groups in total. The molecule has 0 aliphatic rings. The molecule has 0 rings (SSSR count). The average Bonchev–Trinajstić information content (AvgIpc) is 3.39. The van der Waals surface area contributed by atoms with Gasteiger partial charge >= 0.3 is 17.9 Å². The van der Waals surface area contributed by atoms with Gasteiger partial charge in [0.25, 0.3) is 0 Å². The summed E-state index contributed by atoms with van der Waals surface area (Å²) < 4.78 is 16.8. The van der Waals surface area contributed by atoms with Crippen LogP contribution >= 0.6 is 0 Å². The molecule has 0 radical (unpaired) electrons. The van der Waals surface area contributed by atoms with E-state index < -0.39 is 12.1 Å². The van der Waals surface area contributed by atoms with Crippen molar-refractivity contribution in [3.63, 3.8) is 0 Å². The maximum absolute atomic E-state index is 12.8. The first-order valence-electron chi connectivity index (χ1n) is 29.7. The molecule has 0 saturated carbocycles. The Morgan fingerprint density at radius 2 is 0.562 bits per heavy atom. The fourth-order valence-corrected chi connectivity index (χ4v) is 7.73. The van der Waals surface area contributed by atoms with Crippen molar-refractivity contribution in [2.24, 2.45) is 0 Å². The summed E-state index contributed by atoms with van der Waals surface area (Å²) in [5.41, 5.74) is 0. The number of carbonyl (C=O) groups excluding carboxylic acids is 3. The second-order valence-electron chi connectivity index (χ2n) is 19.1. The molecule has 0 amide bonds. The molecule has 6 nitrogen and oxygen atoms in total. The van der Waals surface area contributed by atoms with Crippen LogP contribution in [0.1, 0.15) is 252 Å². The third-order valence-corrected chi connectivity index (χ3v) is 12.1. The van der Waals surface area contributed by atoms with Crippen LogP contribution in [0.2, 0.25) is 0 Å². The van der Waals surface area contributed by atoms with Crippen molar-refractivity contribution < 1.29 is 28.6 Å². The van der Waals surface area contributed by atoms with Gasteiger partial charge in [-0.3, -0.25) is 14.4 Å². The predicted molar refractivity (Wildman–Crippen MR) is 316 cm³/mol. The second kappa shape index (κ2) is 60.1. The Hall–Kier alpha value is -4.45. The molecule has 0 aromatic carbocycles. The van der Waals surface area contributed by atoms with Crippen LogP contribution in [0, 0.1) is 0 Å².